The molecule has 0 aliphatic carbocycles. The number of benzene rings is 1. The number of hydrogen-bond acceptors (Lipinski definition) is 5. The number of phenols is 1. The fourth-order valence-corrected chi connectivity index (χ4v) is 2.10. The van der Waals surface area contributed by atoms with Gasteiger partial charge >= 0.3 is 74.7 Å². The van der Waals surface area contributed by atoms with Crippen LogP contribution in [0.3, 0.4) is 0 Å². The Hall–Kier alpha value is -0.710. The molecular formula is C7H12NO4P. The van der Waals surface area contributed by atoms with Crippen molar-refractivity contribution in [2.75, 3.05) is 6.66 Å². The fraction of sp³-hybridized carbons (Fsp3) is 0.143. The second-order valence-corrected chi connectivity index (χ2v) is 6.34. The molecule has 0 bridgehead atoms. The monoisotopic (exact) mass is 205 g/mol. The third-order valence-electron chi connectivity index (χ3n) is 1.69. The van der Waals surface area contributed by atoms with Crippen molar-refractivity contribution in [2.24, 2.45) is 5.90 Å². The first-order valence-electron chi connectivity index (χ1n) is 3.54. The molecule has 0 radical (unpaired) electrons. The molecule has 0 spiro atoms. The molecule has 6 heteroatoms. The summed E-state index contributed by atoms with van der Waals surface area (Å²) in [5, 5.41) is 9.23. The van der Waals surface area contributed by atoms with E-state index < -0.39 is 7.28 Å². The van der Waals surface area contributed by atoms with E-state index in [1.807, 2.05) is 0 Å². The molecule has 0 aliphatic heterocycles. The van der Waals surface area contributed by atoms with Crippen LogP contribution in [0.5, 0.6) is 5.75 Å². The van der Waals surface area contributed by atoms with Crippen molar-refractivity contribution in [1.82, 2.24) is 0 Å². The van der Waals surface area contributed by atoms with Gasteiger partial charge in [-0.2, -0.15) is 0 Å². The van der Waals surface area contributed by atoms with Crippen molar-refractivity contribution in [1.29, 1.82) is 0 Å². The van der Waals surface area contributed by atoms with Crippen molar-refractivity contribution in [3.8, 4) is 5.75 Å². The van der Waals surface area contributed by atoms with Crippen molar-refractivity contribution in [2.45, 2.75) is 0 Å². The maximum atomic E-state index is 9.62. The molecule has 0 heterocycles. The minimum absolute atomic E-state index is 0.0870. The molecule has 0 fully saturated rings. The van der Waals surface area contributed by atoms with E-state index in [9.17, 15) is 14.9 Å². The van der Waals surface area contributed by atoms with Gasteiger partial charge in [-0.3, -0.25) is 0 Å². The minimum atomic E-state index is -4.54. The van der Waals surface area contributed by atoms with Crippen molar-refractivity contribution >= 4 is 12.6 Å². The number of nitrogens with two attached hydrogens (primary N) is 1. The molecular weight excluding hydrogens is 193 g/mol. The van der Waals surface area contributed by atoms with Crippen LogP contribution in [-0.2, 0) is 4.62 Å². The van der Waals surface area contributed by atoms with Crippen molar-refractivity contribution in [3.63, 3.8) is 0 Å². The number of phenolic OH excluding ortho intramolecular Hbond substituents is 1. The average molecular weight is 205 g/mol. The summed E-state index contributed by atoms with van der Waals surface area (Å²) in [4.78, 5) is 19.2. The third kappa shape index (κ3) is 1.96. The number of rotatable bonds is 2. The Morgan fingerprint density at radius 2 is 1.85 bits per heavy atom. The molecule has 1 aromatic carbocycles. The second-order valence-electron chi connectivity index (χ2n) is 2.94. The topological polar surface area (TPSA) is 95.9 Å². The molecule has 0 atom stereocenters. The summed E-state index contributed by atoms with van der Waals surface area (Å²) in [6.45, 7) is 1.06. The van der Waals surface area contributed by atoms with Gasteiger partial charge in [0.15, 0.2) is 0 Å². The van der Waals surface area contributed by atoms with Gasteiger partial charge in [-0.1, -0.05) is 0 Å². The zero-order chi connectivity index (χ0) is 10.1. The first-order valence-corrected chi connectivity index (χ1v) is 6.05. The van der Waals surface area contributed by atoms with Gasteiger partial charge in [-0.25, -0.2) is 0 Å². The van der Waals surface area contributed by atoms with E-state index in [0.717, 1.165) is 6.66 Å². The SMILES string of the molecule is CP(O)(O)(ON)c1ccccc1O. The molecule has 5 nitrogen and oxygen atoms in total. The van der Waals surface area contributed by atoms with Gasteiger partial charge < -0.3 is 0 Å². The molecule has 0 aliphatic rings. The van der Waals surface area contributed by atoms with Gasteiger partial charge in [0.2, 0.25) is 0 Å². The van der Waals surface area contributed by atoms with Crippen LogP contribution in [0, 0.1) is 0 Å². The van der Waals surface area contributed by atoms with Crippen LogP contribution in [0.15, 0.2) is 24.3 Å². The fourth-order valence-electron chi connectivity index (χ4n) is 0.956. The number of aromatic hydroxyl groups is 1. The van der Waals surface area contributed by atoms with Gasteiger partial charge in [0.05, 0.1) is 0 Å². The summed E-state index contributed by atoms with van der Waals surface area (Å²) in [6.07, 6.45) is 0. The Morgan fingerprint density at radius 1 is 1.31 bits per heavy atom. The Morgan fingerprint density at radius 3 is 2.31 bits per heavy atom. The Labute approximate surface area is 75.5 Å². The van der Waals surface area contributed by atoms with E-state index in [1.54, 1.807) is 12.1 Å². The quantitative estimate of drug-likeness (QED) is 0.397. The van der Waals surface area contributed by atoms with Crippen LogP contribution in [0.4, 0.5) is 0 Å². The van der Waals surface area contributed by atoms with E-state index in [4.69, 9.17) is 5.90 Å². The summed E-state index contributed by atoms with van der Waals surface area (Å²) in [6, 6.07) is 5.78. The first kappa shape index (κ1) is 10.4. The van der Waals surface area contributed by atoms with Crippen LogP contribution in [-0.4, -0.2) is 21.6 Å². The van der Waals surface area contributed by atoms with Crippen LogP contribution in [0.1, 0.15) is 0 Å². The molecule has 0 unspecified atom stereocenters. The normalized spacial score (nSPS) is 14.9. The van der Waals surface area contributed by atoms with Gasteiger partial charge in [0, 0.05) is 0 Å². The molecule has 0 aromatic heterocycles. The Bertz CT molecular complexity index is 320. The second kappa shape index (κ2) is 2.90. The summed E-state index contributed by atoms with van der Waals surface area (Å²) >= 11 is 0. The first-order chi connectivity index (χ1) is 5.85. The third-order valence-corrected chi connectivity index (χ3v) is 3.68. The standard InChI is InChI=1S/C7H12NO4P/c1-13(10,11,12-8)7-5-3-2-4-6(7)9/h2-5,9-11H,8H2,1H3. The van der Waals surface area contributed by atoms with E-state index in [1.165, 1.54) is 12.1 Å². The van der Waals surface area contributed by atoms with E-state index >= 15 is 0 Å². The van der Waals surface area contributed by atoms with Gasteiger partial charge in [-0.15, -0.1) is 0 Å². The van der Waals surface area contributed by atoms with Crippen molar-refractivity contribution in [3.05, 3.63) is 24.3 Å². The molecule has 13 heavy (non-hydrogen) atoms. The summed E-state index contributed by atoms with van der Waals surface area (Å²) in [5.41, 5.74) is 0. The zero-order valence-electron chi connectivity index (χ0n) is 7.08. The van der Waals surface area contributed by atoms with E-state index in [-0.39, 0.29) is 11.1 Å². The number of para-hydroxylation sites is 1. The maximum absolute atomic E-state index is 9.62. The van der Waals surface area contributed by atoms with Crippen LogP contribution in [0.2, 0.25) is 0 Å². The van der Waals surface area contributed by atoms with Gasteiger partial charge in [0.1, 0.15) is 0 Å². The molecule has 1 aromatic rings. The predicted octanol–water partition coefficient (Wildman–Crippen LogP) is -0.180. The summed E-state index contributed by atoms with van der Waals surface area (Å²) in [7, 11) is -4.54. The Kier molecular flexibility index (Phi) is 2.32. The predicted molar refractivity (Wildman–Crippen MR) is 50.3 cm³/mol. The molecule has 0 saturated heterocycles. The van der Waals surface area contributed by atoms with E-state index in [0.29, 0.717) is 0 Å². The summed E-state index contributed by atoms with van der Waals surface area (Å²) in [5.74, 6) is 4.54. The molecule has 0 amide bonds. The van der Waals surface area contributed by atoms with E-state index in [2.05, 4.69) is 4.62 Å². The van der Waals surface area contributed by atoms with Gasteiger partial charge in [0.25, 0.3) is 0 Å². The number of hydrogen-bond donors (Lipinski definition) is 4. The van der Waals surface area contributed by atoms with Crippen LogP contribution in [0.25, 0.3) is 0 Å². The molecule has 74 valence electrons. The summed E-state index contributed by atoms with van der Waals surface area (Å²) < 4.78 is 4.17. The molecule has 5 N–H and O–H groups in total. The zero-order valence-corrected chi connectivity index (χ0v) is 7.98. The molecule has 1 rings (SSSR count). The van der Waals surface area contributed by atoms with Gasteiger partial charge in [-0.05, 0) is 0 Å². The average Bonchev–Trinajstić information content (AvgIpc) is 2.04. The van der Waals surface area contributed by atoms with Crippen LogP contribution >= 0.6 is 7.28 Å². The molecule has 0 saturated carbocycles. The van der Waals surface area contributed by atoms with Crippen LogP contribution < -0.4 is 11.2 Å². The Balaban J connectivity index is 3.30. The van der Waals surface area contributed by atoms with Crippen molar-refractivity contribution < 1.29 is 19.5 Å².